The van der Waals surface area contributed by atoms with Crippen molar-refractivity contribution in [2.24, 2.45) is 11.8 Å². The molecule has 0 aliphatic heterocycles. The number of nitrogens with zero attached hydrogens (tertiary/aromatic N) is 2. The average molecular weight is 431 g/mol. The number of pyridine rings is 1. The van der Waals surface area contributed by atoms with E-state index in [1.165, 1.54) is 11.3 Å². The normalized spacial score (nSPS) is 20.0. The molecule has 0 spiro atoms. The second-order valence-electron chi connectivity index (χ2n) is 7.23. The van der Waals surface area contributed by atoms with Crippen LogP contribution < -0.4 is 9.47 Å². The van der Waals surface area contributed by atoms with Gasteiger partial charge in [0.2, 0.25) is 5.82 Å². The van der Waals surface area contributed by atoms with E-state index < -0.39 is 5.82 Å². The number of ketones is 1. The maximum absolute atomic E-state index is 14.4. The fourth-order valence-electron chi connectivity index (χ4n) is 3.13. The van der Waals surface area contributed by atoms with Crippen LogP contribution in [0.3, 0.4) is 0 Å². The van der Waals surface area contributed by atoms with E-state index in [2.05, 4.69) is 9.97 Å². The Morgan fingerprint density at radius 1 is 1.36 bits per heavy atom. The molecule has 1 aliphatic rings. The standard InChI is InChI=1S/C19H24ClFN2O4S/c1-4-25-19-22-16-14(20)15(21)17(23-18(16)28-19)27-9-12-6-13(7-12)26-8-10(2)5-11(3)24/h10,12-13H,4-9H2,1-3H3/t10-,12?,13?/m1/s1. The van der Waals surface area contributed by atoms with Crippen LogP contribution in [0.5, 0.6) is 11.1 Å². The Morgan fingerprint density at radius 2 is 2.11 bits per heavy atom. The zero-order chi connectivity index (χ0) is 20.3. The van der Waals surface area contributed by atoms with E-state index in [-0.39, 0.29) is 40.1 Å². The van der Waals surface area contributed by atoms with E-state index in [4.69, 9.17) is 25.8 Å². The van der Waals surface area contributed by atoms with Crippen LogP contribution in [0.15, 0.2) is 0 Å². The predicted molar refractivity (Wildman–Crippen MR) is 106 cm³/mol. The van der Waals surface area contributed by atoms with Crippen molar-refractivity contribution in [1.82, 2.24) is 9.97 Å². The van der Waals surface area contributed by atoms with Crippen molar-refractivity contribution in [2.45, 2.75) is 46.1 Å². The second-order valence-corrected chi connectivity index (χ2v) is 8.54. The van der Waals surface area contributed by atoms with Gasteiger partial charge in [-0.1, -0.05) is 29.9 Å². The van der Waals surface area contributed by atoms with Crippen LogP contribution in [0.1, 0.15) is 40.0 Å². The van der Waals surface area contributed by atoms with E-state index in [9.17, 15) is 9.18 Å². The van der Waals surface area contributed by atoms with Gasteiger partial charge in [0.15, 0.2) is 4.83 Å². The molecule has 0 aromatic carbocycles. The minimum atomic E-state index is -0.701. The fraction of sp³-hybridized carbons (Fsp3) is 0.632. The van der Waals surface area contributed by atoms with Gasteiger partial charge in [0, 0.05) is 13.0 Å². The van der Waals surface area contributed by atoms with E-state index in [0.29, 0.717) is 36.3 Å². The van der Waals surface area contributed by atoms with Crippen LogP contribution in [-0.4, -0.2) is 41.7 Å². The second kappa shape index (κ2) is 9.33. The maximum atomic E-state index is 14.4. The quantitative estimate of drug-likeness (QED) is 0.545. The minimum Gasteiger partial charge on any atom is -0.475 e. The van der Waals surface area contributed by atoms with Gasteiger partial charge in [0.1, 0.15) is 16.3 Å². The topological polar surface area (TPSA) is 70.5 Å². The summed E-state index contributed by atoms with van der Waals surface area (Å²) in [4.78, 5) is 19.9. The van der Waals surface area contributed by atoms with E-state index in [1.54, 1.807) is 6.92 Å². The molecule has 1 atom stereocenters. The average Bonchev–Trinajstić information content (AvgIpc) is 2.99. The van der Waals surface area contributed by atoms with Crippen molar-refractivity contribution < 1.29 is 23.4 Å². The summed E-state index contributed by atoms with van der Waals surface area (Å²) in [5.74, 6) is -0.128. The Morgan fingerprint density at radius 3 is 2.79 bits per heavy atom. The third-order valence-electron chi connectivity index (χ3n) is 4.55. The highest BCUT2D eigenvalue weighted by Crippen LogP contribution is 2.37. The summed E-state index contributed by atoms with van der Waals surface area (Å²) >= 11 is 7.29. The van der Waals surface area contributed by atoms with Gasteiger partial charge in [0.05, 0.1) is 19.3 Å². The SMILES string of the molecule is CCOc1nc2c(Cl)c(F)c(OCC3CC(OC[C@H](C)CC(C)=O)C3)nc2s1. The molecule has 1 fully saturated rings. The number of thiazole rings is 1. The van der Waals surface area contributed by atoms with Gasteiger partial charge < -0.3 is 19.0 Å². The molecule has 6 nitrogen and oxygen atoms in total. The molecule has 1 aliphatic carbocycles. The molecule has 2 heterocycles. The number of fused-ring (bicyclic) bond motifs is 1. The molecule has 0 radical (unpaired) electrons. The lowest BCUT2D eigenvalue weighted by atomic mass is 9.83. The smallest absolute Gasteiger partial charge is 0.275 e. The lowest BCUT2D eigenvalue weighted by molar-refractivity contribution is -0.119. The molecule has 0 N–H and O–H groups in total. The molecule has 0 amide bonds. The molecule has 2 aromatic heterocycles. The van der Waals surface area contributed by atoms with Gasteiger partial charge in [0.25, 0.3) is 11.1 Å². The molecule has 0 saturated heterocycles. The number of carbonyl (C=O) groups excluding carboxylic acids is 1. The van der Waals surface area contributed by atoms with Gasteiger partial charge in [-0.25, -0.2) is 0 Å². The Hall–Kier alpha value is -1.51. The number of aromatic nitrogens is 2. The minimum absolute atomic E-state index is 0.100. The third kappa shape index (κ3) is 5.10. The zero-order valence-corrected chi connectivity index (χ0v) is 17.7. The predicted octanol–water partition coefficient (Wildman–Crippen LogP) is 4.67. The molecular weight excluding hydrogens is 407 g/mol. The molecule has 1 saturated carbocycles. The summed E-state index contributed by atoms with van der Waals surface area (Å²) in [7, 11) is 0. The van der Waals surface area contributed by atoms with Crippen LogP contribution >= 0.6 is 22.9 Å². The third-order valence-corrected chi connectivity index (χ3v) is 5.76. The highest BCUT2D eigenvalue weighted by molar-refractivity contribution is 7.19. The summed E-state index contributed by atoms with van der Waals surface area (Å²) in [6.45, 7) is 6.83. The first-order valence-corrected chi connectivity index (χ1v) is 10.6. The van der Waals surface area contributed by atoms with Crippen molar-refractivity contribution in [1.29, 1.82) is 0 Å². The van der Waals surface area contributed by atoms with Gasteiger partial charge >= 0.3 is 0 Å². The van der Waals surface area contributed by atoms with E-state index in [0.717, 1.165) is 12.8 Å². The Labute approximate surface area is 172 Å². The highest BCUT2D eigenvalue weighted by atomic mass is 35.5. The van der Waals surface area contributed by atoms with E-state index in [1.807, 2.05) is 13.8 Å². The zero-order valence-electron chi connectivity index (χ0n) is 16.2. The molecule has 0 bridgehead atoms. The monoisotopic (exact) mass is 430 g/mol. The first kappa shape index (κ1) is 21.2. The molecular formula is C19H24ClFN2O4S. The molecule has 0 unspecified atom stereocenters. The van der Waals surface area contributed by atoms with Crippen LogP contribution in [0.2, 0.25) is 5.02 Å². The first-order valence-electron chi connectivity index (χ1n) is 9.39. The Bertz CT molecular complexity index is 841. The van der Waals surface area contributed by atoms with Crippen molar-refractivity contribution in [3.05, 3.63) is 10.8 Å². The van der Waals surface area contributed by atoms with Gasteiger partial charge in [-0.05, 0) is 38.5 Å². The van der Waals surface area contributed by atoms with Crippen molar-refractivity contribution in [3.8, 4) is 11.1 Å². The summed E-state index contributed by atoms with van der Waals surface area (Å²) in [6, 6.07) is 0. The van der Waals surface area contributed by atoms with E-state index >= 15 is 0 Å². The number of halogens is 2. The summed E-state index contributed by atoms with van der Waals surface area (Å²) in [6.07, 6.45) is 2.40. The van der Waals surface area contributed by atoms with Crippen LogP contribution in [0, 0.1) is 17.7 Å². The fourth-order valence-corrected chi connectivity index (χ4v) is 4.25. The molecule has 154 valence electrons. The number of ether oxygens (including phenoxy) is 3. The highest BCUT2D eigenvalue weighted by Gasteiger charge is 2.31. The van der Waals surface area contributed by atoms with Crippen LogP contribution in [0.25, 0.3) is 10.3 Å². The summed E-state index contributed by atoms with van der Waals surface area (Å²) in [5.41, 5.74) is 0.289. The van der Waals surface area contributed by atoms with Gasteiger partial charge in [-0.15, -0.1) is 0 Å². The Kier molecular flexibility index (Phi) is 7.06. The number of Topliss-reactive ketones (excluding diaryl/α,β-unsaturated/α-hetero) is 1. The van der Waals surface area contributed by atoms with Crippen LogP contribution in [0.4, 0.5) is 4.39 Å². The van der Waals surface area contributed by atoms with Crippen molar-refractivity contribution >= 4 is 39.1 Å². The first-order chi connectivity index (χ1) is 13.4. The molecule has 9 heteroatoms. The number of hydrogen-bond acceptors (Lipinski definition) is 7. The molecule has 2 aromatic rings. The lowest BCUT2D eigenvalue weighted by Crippen LogP contribution is -2.36. The Balaban J connectivity index is 1.50. The molecule has 28 heavy (non-hydrogen) atoms. The van der Waals surface area contributed by atoms with Crippen LogP contribution in [-0.2, 0) is 9.53 Å². The van der Waals surface area contributed by atoms with Crippen molar-refractivity contribution in [3.63, 3.8) is 0 Å². The lowest BCUT2D eigenvalue weighted by Gasteiger charge is -2.35. The summed E-state index contributed by atoms with van der Waals surface area (Å²) < 4.78 is 31.2. The number of hydrogen-bond donors (Lipinski definition) is 0. The number of rotatable bonds is 10. The summed E-state index contributed by atoms with van der Waals surface area (Å²) in [5, 5.41) is 0.304. The molecule has 3 rings (SSSR count). The van der Waals surface area contributed by atoms with Gasteiger partial charge in [-0.2, -0.15) is 14.4 Å². The van der Waals surface area contributed by atoms with Crippen molar-refractivity contribution in [2.75, 3.05) is 19.8 Å². The van der Waals surface area contributed by atoms with Gasteiger partial charge in [-0.3, -0.25) is 0 Å². The largest absolute Gasteiger partial charge is 0.475 e. The number of carbonyl (C=O) groups is 1. The maximum Gasteiger partial charge on any atom is 0.275 e.